The fourth-order valence-electron chi connectivity index (χ4n) is 8.67. The molecule has 2 fully saturated rings. The van der Waals surface area contributed by atoms with Gasteiger partial charge in [-0.25, -0.2) is 9.59 Å². The largest absolute Gasteiger partial charge is 0.547 e. The van der Waals surface area contributed by atoms with E-state index in [2.05, 4.69) is 188 Å². The normalized spacial score (nSPS) is 27.2. The van der Waals surface area contributed by atoms with Crippen molar-refractivity contribution in [1.82, 2.24) is 0 Å². The lowest BCUT2D eigenvalue weighted by atomic mass is 9.85. The van der Waals surface area contributed by atoms with Gasteiger partial charge in [0.1, 0.15) is 28.9 Å². The molecule has 436 valence electrons. The van der Waals surface area contributed by atoms with E-state index in [9.17, 15) is 19.8 Å². The zero-order chi connectivity index (χ0) is 59.4. The molecule has 0 spiro atoms. The van der Waals surface area contributed by atoms with E-state index >= 15 is 0 Å². The molecule has 2 saturated carbocycles. The first-order valence-electron chi connectivity index (χ1n) is 28.5. The summed E-state index contributed by atoms with van der Waals surface area (Å²) in [5.74, 6) is 8.61. The van der Waals surface area contributed by atoms with Gasteiger partial charge in [0, 0.05) is 37.3 Å². The molecule has 6 rings (SSSR count). The number of hydrogen-bond acceptors (Lipinski definition) is 10. The van der Waals surface area contributed by atoms with Gasteiger partial charge in [-0.05, 0) is 176 Å². The molecule has 0 saturated heterocycles. The Labute approximate surface area is 477 Å². The van der Waals surface area contributed by atoms with E-state index in [0.29, 0.717) is 42.1 Å². The fourth-order valence-corrected chi connectivity index (χ4v) is 13.0. The highest BCUT2D eigenvalue weighted by Crippen LogP contribution is 2.45. The van der Waals surface area contributed by atoms with E-state index in [1.807, 2.05) is 39.8 Å². The smallest absolute Gasteiger partial charge is 0.384 e. The van der Waals surface area contributed by atoms with Gasteiger partial charge < -0.3 is 37.4 Å². The van der Waals surface area contributed by atoms with Gasteiger partial charge in [0.15, 0.2) is 16.6 Å². The van der Waals surface area contributed by atoms with Gasteiger partial charge in [0.2, 0.25) is 16.6 Å². The summed E-state index contributed by atoms with van der Waals surface area (Å²) < 4.78 is 36.4. The molecule has 2 aliphatic heterocycles. The van der Waals surface area contributed by atoms with Crippen molar-refractivity contribution in [2.24, 2.45) is 29.1 Å². The lowest BCUT2D eigenvalue weighted by molar-refractivity contribution is -0.141. The predicted molar refractivity (Wildman–Crippen MR) is 333 cm³/mol. The summed E-state index contributed by atoms with van der Waals surface area (Å²) in [7, 11) is -7.08. The summed E-state index contributed by atoms with van der Waals surface area (Å²) in [5, 5.41) is 20.7. The highest BCUT2D eigenvalue weighted by Gasteiger charge is 2.41. The van der Waals surface area contributed by atoms with Crippen LogP contribution in [0.2, 0.25) is 75.5 Å². The molecular weight excluding hydrogens is 1040 g/mol. The third kappa shape index (κ3) is 25.1. The van der Waals surface area contributed by atoms with Gasteiger partial charge >= 0.3 is 11.9 Å². The highest BCUT2D eigenvalue weighted by molar-refractivity contribution is 6.74. The second kappa shape index (κ2) is 28.0. The molecule has 14 heteroatoms. The molecule has 10 nitrogen and oxygen atoms in total. The topological polar surface area (TPSA) is 130 Å². The summed E-state index contributed by atoms with van der Waals surface area (Å²) in [6.45, 7) is 51.2. The second-order valence-electron chi connectivity index (χ2n) is 28.3. The molecular formula is C64H104O10Si4. The molecule has 8 atom stereocenters. The Hall–Kier alpha value is -4.11. The zero-order valence-electron chi connectivity index (χ0n) is 52.4. The van der Waals surface area contributed by atoms with Crippen molar-refractivity contribution in [2.75, 3.05) is 0 Å². The zero-order valence-corrected chi connectivity index (χ0v) is 56.4. The van der Waals surface area contributed by atoms with Gasteiger partial charge in [-0.1, -0.05) is 115 Å². The Bertz CT molecular complexity index is 2450. The number of carbonyl (C=O) groups excluding carboxylic acids is 2. The van der Waals surface area contributed by atoms with E-state index in [1.54, 1.807) is 0 Å². The average molecular weight is 1150 g/mol. The number of ether oxygens (including phenoxy) is 2. The number of allylic oxidation sites excluding steroid dienone is 10. The molecule has 0 bridgehead atoms. The maximum absolute atomic E-state index is 13.0. The van der Waals surface area contributed by atoms with E-state index in [1.165, 1.54) is 24.1 Å². The van der Waals surface area contributed by atoms with Crippen molar-refractivity contribution in [3.8, 4) is 23.3 Å². The first-order chi connectivity index (χ1) is 35.5. The number of rotatable bonds is 8. The lowest BCUT2D eigenvalue weighted by Crippen LogP contribution is -2.44. The molecule has 78 heavy (non-hydrogen) atoms. The maximum atomic E-state index is 13.0. The molecule has 2 N–H and O–H groups in total. The molecule has 0 amide bonds. The average Bonchev–Trinajstić information content (AvgIpc) is 4.14. The number of carbonyl (C=O) groups is 2. The van der Waals surface area contributed by atoms with Crippen molar-refractivity contribution in [1.29, 1.82) is 0 Å². The third-order valence-electron chi connectivity index (χ3n) is 14.6. The number of cyclic esters (lactones) is 2. The quantitative estimate of drug-likeness (QED) is 0.0853. The second-order valence-corrected chi connectivity index (χ2v) is 46.6. The molecule has 5 aliphatic rings. The first-order valence-corrected chi connectivity index (χ1v) is 41.1. The number of hydrogen-bond donors (Lipinski definition) is 2. The minimum atomic E-state index is -2.10. The molecule has 1 aromatic carbocycles. The van der Waals surface area contributed by atoms with Gasteiger partial charge in [0.25, 0.3) is 0 Å². The fraction of sp³-hybridized carbons (Fsp3) is 0.625. The monoisotopic (exact) mass is 1140 g/mol. The van der Waals surface area contributed by atoms with Gasteiger partial charge in [-0.3, -0.25) is 0 Å². The van der Waals surface area contributed by atoms with Crippen LogP contribution in [0.5, 0.6) is 11.5 Å². The van der Waals surface area contributed by atoms with Crippen LogP contribution in [-0.4, -0.2) is 79.8 Å². The molecule has 2 heterocycles. The van der Waals surface area contributed by atoms with Crippen LogP contribution >= 0.6 is 0 Å². The Balaban J connectivity index is 0.000000307. The summed E-state index contributed by atoms with van der Waals surface area (Å²) in [6, 6.07) is 2.71. The minimum absolute atomic E-state index is 0.0230. The van der Waals surface area contributed by atoms with Crippen LogP contribution in [0.3, 0.4) is 0 Å². The van der Waals surface area contributed by atoms with Crippen molar-refractivity contribution < 1.29 is 47.0 Å². The van der Waals surface area contributed by atoms with E-state index in [0.717, 1.165) is 37.2 Å². The SMILES string of the molecule is C=C(C)C.CC1(C)C=C(O[Si](C)(C)C)C=C(O[Si](C)(C)C)C1.C[C@@H]1CC2C[C@@H]2/C=C\C=C\C(O[Si](C)(C)C(C)(C)C)Cc2cc(O)cc(O)c2C(=O)O1.C[C@@H]1C[C@H]2C[C@@H]2/C=C\C=C\C(O[Si](C)(C)C(C)(C)C)CC#CC(=O)O1. The van der Waals surface area contributed by atoms with Crippen LogP contribution in [0.4, 0.5) is 0 Å². The number of phenolic OH excluding ortho intramolecular Hbond substituents is 2. The van der Waals surface area contributed by atoms with Gasteiger partial charge in [0.05, 0.1) is 24.1 Å². The van der Waals surface area contributed by atoms with E-state index < -0.39 is 45.2 Å². The summed E-state index contributed by atoms with van der Waals surface area (Å²) in [5.41, 5.74) is 1.92. The molecule has 1 aromatic rings. The van der Waals surface area contributed by atoms with Crippen LogP contribution < -0.4 is 0 Å². The van der Waals surface area contributed by atoms with Crippen molar-refractivity contribution in [2.45, 2.75) is 228 Å². The standard InChI is InChI=1S/C25H36O5Si.C21H32O3Si.C14H28O2Si2.C4H8/c1-16-11-18-12-17(18)9-7-8-10-21(30-31(5,6)25(2,3)4)14-19-13-20(26)15-22(27)23(19)24(28)29-16;1-16-14-18-15-17(18)10-7-8-11-19(12-9-13-20(22)23-16)24-25(5,6)21(2,3)4;1-14(2)10-12(15-17(3,4)5)9-13(11-14)16-18(6,7)8;1-4(2)3/h7-10,13,15-18,21,26-27H,11-12,14H2,1-6H3;7-8,10-11,16-19H,12,14-15H2,1-6H3;9-10H,11H2,1-8H3;1H2,2-3H3/b9-7-,10-8+;10-7-,11-8+;;/t16-,17+,18?,21?;16-,17+,18+,19?;;/m11../s1. The molecule has 0 aromatic heterocycles. The van der Waals surface area contributed by atoms with E-state index in [4.69, 9.17) is 27.2 Å². The van der Waals surface area contributed by atoms with Crippen LogP contribution in [0.15, 0.2) is 96.6 Å². The summed E-state index contributed by atoms with van der Waals surface area (Å²) >= 11 is 0. The summed E-state index contributed by atoms with van der Waals surface area (Å²) in [6.07, 6.45) is 26.3. The van der Waals surface area contributed by atoms with Crippen molar-refractivity contribution >= 4 is 45.2 Å². The Morgan fingerprint density at radius 2 is 1.15 bits per heavy atom. The molecule has 3 unspecified atom stereocenters. The lowest BCUT2D eigenvalue weighted by Gasteiger charge is -2.38. The first kappa shape index (κ1) is 68.2. The Kier molecular flexibility index (Phi) is 24.5. The van der Waals surface area contributed by atoms with Crippen LogP contribution in [-0.2, 0) is 38.4 Å². The number of esters is 2. The van der Waals surface area contributed by atoms with Gasteiger partial charge in [-0.2, -0.15) is 0 Å². The van der Waals surface area contributed by atoms with Crippen LogP contribution in [0.1, 0.15) is 138 Å². The van der Waals surface area contributed by atoms with Crippen molar-refractivity contribution in [3.05, 3.63) is 108 Å². The van der Waals surface area contributed by atoms with Crippen LogP contribution in [0, 0.1) is 40.9 Å². The van der Waals surface area contributed by atoms with Crippen LogP contribution in [0.25, 0.3) is 0 Å². The number of aromatic hydroxyl groups is 2. The summed E-state index contributed by atoms with van der Waals surface area (Å²) in [4.78, 5) is 24.8. The predicted octanol–water partition coefficient (Wildman–Crippen LogP) is 17.1. The molecule has 0 radical (unpaired) electrons. The molecule has 3 aliphatic carbocycles. The number of phenols is 2. The highest BCUT2D eigenvalue weighted by atomic mass is 28.4. The maximum Gasteiger partial charge on any atom is 0.384 e. The van der Waals surface area contributed by atoms with E-state index in [-0.39, 0.29) is 57.0 Å². The minimum Gasteiger partial charge on any atom is -0.547 e. The Morgan fingerprint density at radius 3 is 1.64 bits per heavy atom. The third-order valence-corrected chi connectivity index (χ3v) is 25.3. The number of benzene rings is 1. The van der Waals surface area contributed by atoms with Crippen molar-refractivity contribution in [3.63, 3.8) is 0 Å². The number of fused-ring (bicyclic) bond motifs is 3. The van der Waals surface area contributed by atoms with Gasteiger partial charge in [-0.15, -0.1) is 6.58 Å². The Morgan fingerprint density at radius 1 is 0.692 bits per heavy atom.